The van der Waals surface area contributed by atoms with E-state index in [2.05, 4.69) is 0 Å². The van der Waals surface area contributed by atoms with Crippen LogP contribution in [0.5, 0.6) is 5.75 Å². The van der Waals surface area contributed by atoms with Crippen LogP contribution in [-0.2, 0) is 9.53 Å². The summed E-state index contributed by atoms with van der Waals surface area (Å²) >= 11 is 0. The molecule has 3 rings (SSSR count). The number of carbonyl (C=O) groups is 2. The maximum atomic E-state index is 12.3. The van der Waals surface area contributed by atoms with Gasteiger partial charge in [0.05, 0.1) is 7.11 Å². The normalized spacial score (nSPS) is 14.8. The molecule has 4 nitrogen and oxygen atoms in total. The van der Waals surface area contributed by atoms with Crippen LogP contribution in [0.2, 0.25) is 0 Å². The first kappa shape index (κ1) is 19.9. The van der Waals surface area contributed by atoms with Crippen LogP contribution in [0, 0.1) is 0 Å². The number of methoxy groups -OCH3 is 1. The molecule has 28 heavy (non-hydrogen) atoms. The number of esters is 1. The predicted molar refractivity (Wildman–Crippen MR) is 110 cm³/mol. The van der Waals surface area contributed by atoms with Gasteiger partial charge >= 0.3 is 5.97 Å². The molecule has 0 heterocycles. The van der Waals surface area contributed by atoms with Gasteiger partial charge in [-0.25, -0.2) is 4.79 Å². The fraction of sp³-hybridized carbons (Fsp3) is 0.333. The van der Waals surface area contributed by atoms with Gasteiger partial charge in [-0.1, -0.05) is 61.7 Å². The lowest BCUT2D eigenvalue weighted by atomic mass is 9.84. The summed E-state index contributed by atoms with van der Waals surface area (Å²) in [7, 11) is 1.57. The van der Waals surface area contributed by atoms with E-state index in [1.54, 1.807) is 13.2 Å². The molecule has 0 atom stereocenters. The Morgan fingerprint density at radius 2 is 1.71 bits per heavy atom. The molecule has 1 saturated carbocycles. The number of carbonyl (C=O) groups excluding carboxylic acids is 2. The van der Waals surface area contributed by atoms with Crippen molar-refractivity contribution >= 4 is 17.8 Å². The molecule has 0 saturated heterocycles. The molecule has 4 heteroatoms. The summed E-state index contributed by atoms with van der Waals surface area (Å²) in [5.41, 5.74) is 2.64. The van der Waals surface area contributed by atoms with Crippen molar-refractivity contribution in [1.82, 2.24) is 0 Å². The number of ether oxygens (including phenoxy) is 2. The van der Waals surface area contributed by atoms with E-state index in [4.69, 9.17) is 9.47 Å². The first-order valence-corrected chi connectivity index (χ1v) is 9.78. The lowest BCUT2D eigenvalue weighted by Gasteiger charge is -2.22. The number of para-hydroxylation sites is 1. The Morgan fingerprint density at radius 3 is 2.43 bits per heavy atom. The maximum Gasteiger partial charge on any atom is 0.331 e. The minimum atomic E-state index is -0.557. The number of hydrogen-bond donors (Lipinski definition) is 0. The van der Waals surface area contributed by atoms with Crippen LogP contribution in [-0.4, -0.2) is 25.5 Å². The highest BCUT2D eigenvalue weighted by Crippen LogP contribution is 2.32. The summed E-state index contributed by atoms with van der Waals surface area (Å²) < 4.78 is 10.3. The molecular weight excluding hydrogens is 352 g/mol. The van der Waals surface area contributed by atoms with Crippen LogP contribution in [0.4, 0.5) is 0 Å². The number of benzene rings is 2. The molecule has 1 fully saturated rings. The summed E-state index contributed by atoms with van der Waals surface area (Å²) in [4.78, 5) is 24.2. The Bertz CT molecular complexity index is 830. The van der Waals surface area contributed by atoms with Crippen LogP contribution in [0.3, 0.4) is 0 Å². The van der Waals surface area contributed by atoms with Crippen molar-refractivity contribution < 1.29 is 19.1 Å². The Hall–Kier alpha value is -2.88. The average Bonchev–Trinajstić information content (AvgIpc) is 2.77. The second-order valence-electron chi connectivity index (χ2n) is 7.06. The van der Waals surface area contributed by atoms with Crippen molar-refractivity contribution in [3.63, 3.8) is 0 Å². The number of ketones is 1. The maximum absolute atomic E-state index is 12.3. The molecule has 0 radical (unpaired) electrons. The molecule has 0 aliphatic heterocycles. The van der Waals surface area contributed by atoms with Gasteiger partial charge in [0, 0.05) is 17.2 Å². The minimum Gasteiger partial charge on any atom is -0.496 e. The van der Waals surface area contributed by atoms with Crippen molar-refractivity contribution in [2.75, 3.05) is 13.7 Å². The summed E-state index contributed by atoms with van der Waals surface area (Å²) in [5.74, 6) is 0.517. The quantitative estimate of drug-likeness (QED) is 0.378. The molecular formula is C24H26O4. The fourth-order valence-electron chi connectivity index (χ4n) is 3.61. The minimum absolute atomic E-state index is 0.200. The number of rotatable bonds is 7. The third kappa shape index (κ3) is 5.32. The fourth-order valence-corrected chi connectivity index (χ4v) is 3.61. The second-order valence-corrected chi connectivity index (χ2v) is 7.06. The first-order valence-electron chi connectivity index (χ1n) is 9.78. The van der Waals surface area contributed by atoms with Gasteiger partial charge in [0.1, 0.15) is 5.75 Å². The SMILES string of the molecule is COc1ccccc1/C=C/C(=O)OCC(=O)c1ccc(C2CCCCC2)cc1. The van der Waals surface area contributed by atoms with Crippen LogP contribution in [0.25, 0.3) is 6.08 Å². The van der Waals surface area contributed by atoms with Crippen LogP contribution < -0.4 is 4.74 Å². The predicted octanol–water partition coefficient (Wildman–Crippen LogP) is 5.18. The van der Waals surface area contributed by atoms with Gasteiger partial charge < -0.3 is 9.47 Å². The van der Waals surface area contributed by atoms with E-state index >= 15 is 0 Å². The smallest absolute Gasteiger partial charge is 0.331 e. The Morgan fingerprint density at radius 1 is 1.00 bits per heavy atom. The van der Waals surface area contributed by atoms with Gasteiger partial charge in [-0.3, -0.25) is 4.79 Å². The Labute approximate surface area is 166 Å². The molecule has 0 N–H and O–H groups in total. The lowest BCUT2D eigenvalue weighted by molar-refractivity contribution is -0.136. The van der Waals surface area contributed by atoms with Gasteiger partial charge in [0.25, 0.3) is 0 Å². The van der Waals surface area contributed by atoms with E-state index in [0.717, 1.165) is 5.56 Å². The lowest BCUT2D eigenvalue weighted by Crippen LogP contribution is -2.13. The second kappa shape index (κ2) is 9.88. The number of hydrogen-bond acceptors (Lipinski definition) is 4. The topological polar surface area (TPSA) is 52.6 Å². The highest BCUT2D eigenvalue weighted by molar-refractivity contribution is 5.99. The molecule has 1 aliphatic carbocycles. The van der Waals surface area contributed by atoms with Crippen LogP contribution in [0.15, 0.2) is 54.6 Å². The van der Waals surface area contributed by atoms with Crippen molar-refractivity contribution in [3.8, 4) is 5.75 Å². The number of Topliss-reactive ketones (excluding diaryl/α,β-unsaturated/α-hetero) is 1. The van der Waals surface area contributed by atoms with Crippen LogP contribution in [0.1, 0.15) is 59.5 Å². The van der Waals surface area contributed by atoms with Gasteiger partial charge in [-0.05, 0) is 36.5 Å². The van der Waals surface area contributed by atoms with Crippen molar-refractivity contribution in [2.24, 2.45) is 0 Å². The first-order chi connectivity index (χ1) is 13.7. The molecule has 0 aromatic heterocycles. The van der Waals surface area contributed by atoms with Gasteiger partial charge in [0.2, 0.25) is 0 Å². The van der Waals surface area contributed by atoms with E-state index < -0.39 is 5.97 Å². The summed E-state index contributed by atoms with van der Waals surface area (Å²) in [5, 5.41) is 0. The molecule has 2 aromatic carbocycles. The summed E-state index contributed by atoms with van der Waals surface area (Å²) in [6.45, 7) is -0.266. The van der Waals surface area contributed by atoms with E-state index in [1.165, 1.54) is 43.7 Å². The van der Waals surface area contributed by atoms with Crippen LogP contribution >= 0.6 is 0 Å². The van der Waals surface area contributed by atoms with Gasteiger partial charge in [0.15, 0.2) is 12.4 Å². The highest BCUT2D eigenvalue weighted by atomic mass is 16.5. The molecule has 0 bridgehead atoms. The largest absolute Gasteiger partial charge is 0.496 e. The van der Waals surface area contributed by atoms with Crippen molar-refractivity contribution in [3.05, 3.63) is 71.3 Å². The third-order valence-corrected chi connectivity index (χ3v) is 5.19. The van der Waals surface area contributed by atoms with E-state index in [0.29, 0.717) is 17.2 Å². The zero-order valence-corrected chi connectivity index (χ0v) is 16.2. The molecule has 0 amide bonds. The van der Waals surface area contributed by atoms with E-state index in [-0.39, 0.29) is 12.4 Å². The average molecular weight is 378 g/mol. The van der Waals surface area contributed by atoms with Crippen molar-refractivity contribution in [1.29, 1.82) is 0 Å². The summed E-state index contributed by atoms with van der Waals surface area (Å²) in [6.07, 6.45) is 9.26. The molecule has 2 aromatic rings. The van der Waals surface area contributed by atoms with Gasteiger partial charge in [-0.15, -0.1) is 0 Å². The van der Waals surface area contributed by atoms with Gasteiger partial charge in [-0.2, -0.15) is 0 Å². The van der Waals surface area contributed by atoms with E-state index in [1.807, 2.05) is 48.5 Å². The highest BCUT2D eigenvalue weighted by Gasteiger charge is 2.16. The summed E-state index contributed by atoms with van der Waals surface area (Å²) in [6, 6.07) is 15.1. The zero-order chi connectivity index (χ0) is 19.8. The monoisotopic (exact) mass is 378 g/mol. The molecule has 0 unspecified atom stereocenters. The van der Waals surface area contributed by atoms with Crippen molar-refractivity contribution in [2.45, 2.75) is 38.0 Å². The molecule has 146 valence electrons. The standard InChI is InChI=1S/C24H26O4/c1-27-23-10-6-5-9-21(23)15-16-24(26)28-17-22(25)20-13-11-19(12-14-20)18-7-3-2-4-8-18/h5-6,9-16,18H,2-4,7-8,17H2,1H3/b16-15+. The van der Waals surface area contributed by atoms with E-state index in [9.17, 15) is 9.59 Å². The Balaban J connectivity index is 1.51. The Kier molecular flexibility index (Phi) is 7.01. The third-order valence-electron chi connectivity index (χ3n) is 5.19. The zero-order valence-electron chi connectivity index (χ0n) is 16.2. The molecule has 1 aliphatic rings. The molecule has 0 spiro atoms.